The fourth-order valence-corrected chi connectivity index (χ4v) is 5.00. The van der Waals surface area contributed by atoms with Crippen LogP contribution in [0.4, 0.5) is 10.5 Å². The number of aryl methyl sites for hydroxylation is 1. The number of thioether (sulfide) groups is 1. The van der Waals surface area contributed by atoms with Crippen molar-refractivity contribution in [1.82, 2.24) is 9.47 Å². The van der Waals surface area contributed by atoms with Gasteiger partial charge in [-0.3, -0.25) is 19.3 Å². The van der Waals surface area contributed by atoms with Gasteiger partial charge in [-0.15, -0.1) is 0 Å². The van der Waals surface area contributed by atoms with E-state index in [1.807, 2.05) is 45.0 Å². The number of nitrogens with zero attached hydrogens (tertiary/aromatic N) is 2. The third kappa shape index (κ3) is 4.64. The number of benzene rings is 2. The van der Waals surface area contributed by atoms with Crippen molar-refractivity contribution in [3.8, 4) is 5.69 Å². The summed E-state index contributed by atoms with van der Waals surface area (Å²) >= 11 is 13.2. The van der Waals surface area contributed by atoms with Crippen LogP contribution in [-0.2, 0) is 9.59 Å². The third-order valence-corrected chi connectivity index (χ3v) is 7.21. The molecule has 0 saturated carbocycles. The molecule has 1 saturated heterocycles. The SMILES string of the molecule is Cc1c(Cl)cccc1-n1c(C)cc(/C=C2/SC(=O)N(CC(=O)Nc3ccccc3Cl)C2=O)c1C. The first-order valence-electron chi connectivity index (χ1n) is 10.4. The van der Waals surface area contributed by atoms with Crippen molar-refractivity contribution in [3.05, 3.63) is 86.0 Å². The Morgan fingerprint density at radius 1 is 1.03 bits per heavy atom. The lowest BCUT2D eigenvalue weighted by Crippen LogP contribution is -2.36. The Morgan fingerprint density at radius 3 is 2.47 bits per heavy atom. The number of carbonyl (C=O) groups is 3. The summed E-state index contributed by atoms with van der Waals surface area (Å²) < 4.78 is 2.06. The molecule has 0 aliphatic carbocycles. The molecule has 34 heavy (non-hydrogen) atoms. The van der Waals surface area contributed by atoms with Crippen LogP contribution >= 0.6 is 35.0 Å². The molecule has 1 aromatic heterocycles. The Hall–Kier alpha value is -3.00. The van der Waals surface area contributed by atoms with E-state index < -0.39 is 23.6 Å². The number of para-hydroxylation sites is 1. The molecule has 0 atom stereocenters. The number of imide groups is 1. The number of anilines is 1. The van der Waals surface area contributed by atoms with E-state index in [1.165, 1.54) is 0 Å². The van der Waals surface area contributed by atoms with Gasteiger partial charge in [0.2, 0.25) is 5.91 Å². The highest BCUT2D eigenvalue weighted by Gasteiger charge is 2.36. The highest BCUT2D eigenvalue weighted by atomic mass is 35.5. The maximum absolute atomic E-state index is 12.9. The second kappa shape index (κ2) is 9.70. The summed E-state index contributed by atoms with van der Waals surface area (Å²) in [6.07, 6.45) is 1.69. The summed E-state index contributed by atoms with van der Waals surface area (Å²) in [5, 5.41) is 3.18. The van der Waals surface area contributed by atoms with Crippen LogP contribution in [0.15, 0.2) is 53.4 Å². The maximum Gasteiger partial charge on any atom is 0.294 e. The molecule has 1 aliphatic rings. The predicted molar refractivity (Wildman–Crippen MR) is 138 cm³/mol. The first kappa shape index (κ1) is 24.1. The molecule has 0 spiro atoms. The van der Waals surface area contributed by atoms with Gasteiger partial charge in [0.25, 0.3) is 11.1 Å². The van der Waals surface area contributed by atoms with Crippen LogP contribution in [0.25, 0.3) is 11.8 Å². The van der Waals surface area contributed by atoms with E-state index in [2.05, 4.69) is 9.88 Å². The minimum Gasteiger partial charge on any atom is -0.323 e. The van der Waals surface area contributed by atoms with Gasteiger partial charge in [0.15, 0.2) is 0 Å². The Labute approximate surface area is 211 Å². The van der Waals surface area contributed by atoms with E-state index in [0.717, 1.165) is 44.9 Å². The van der Waals surface area contributed by atoms with Crippen molar-refractivity contribution >= 4 is 63.8 Å². The van der Waals surface area contributed by atoms with E-state index in [1.54, 1.807) is 30.3 Å². The van der Waals surface area contributed by atoms with Crippen molar-refractivity contribution in [2.24, 2.45) is 0 Å². The third-order valence-electron chi connectivity index (χ3n) is 5.56. The monoisotopic (exact) mass is 513 g/mol. The number of hydrogen-bond acceptors (Lipinski definition) is 4. The molecule has 1 fully saturated rings. The molecule has 9 heteroatoms. The predicted octanol–water partition coefficient (Wildman–Crippen LogP) is 6.38. The summed E-state index contributed by atoms with van der Waals surface area (Å²) in [4.78, 5) is 39.1. The molecule has 1 aliphatic heterocycles. The largest absolute Gasteiger partial charge is 0.323 e. The normalized spacial score (nSPS) is 14.9. The topological polar surface area (TPSA) is 71.4 Å². The quantitative estimate of drug-likeness (QED) is 0.401. The Morgan fingerprint density at radius 2 is 1.74 bits per heavy atom. The van der Waals surface area contributed by atoms with Gasteiger partial charge < -0.3 is 9.88 Å². The summed E-state index contributed by atoms with van der Waals surface area (Å²) in [5.41, 5.74) is 5.00. The number of nitrogens with one attached hydrogen (secondary N) is 1. The summed E-state index contributed by atoms with van der Waals surface area (Å²) in [6.45, 7) is 5.47. The van der Waals surface area contributed by atoms with Gasteiger partial charge in [-0.2, -0.15) is 0 Å². The van der Waals surface area contributed by atoms with E-state index in [4.69, 9.17) is 23.2 Å². The minimum atomic E-state index is -0.508. The average molecular weight is 514 g/mol. The molecular formula is C25H21Cl2N3O3S. The number of carbonyl (C=O) groups excluding carboxylic acids is 3. The van der Waals surface area contributed by atoms with Gasteiger partial charge in [0.05, 0.1) is 15.6 Å². The van der Waals surface area contributed by atoms with Crippen molar-refractivity contribution in [2.45, 2.75) is 20.8 Å². The van der Waals surface area contributed by atoms with Gasteiger partial charge in [-0.05, 0) is 80.1 Å². The van der Waals surface area contributed by atoms with Gasteiger partial charge in [0, 0.05) is 22.1 Å². The first-order chi connectivity index (χ1) is 16.2. The zero-order valence-electron chi connectivity index (χ0n) is 18.7. The summed E-state index contributed by atoms with van der Waals surface area (Å²) in [5.74, 6) is -1.01. The molecular weight excluding hydrogens is 493 g/mol. The van der Waals surface area contributed by atoms with E-state index in [0.29, 0.717) is 15.7 Å². The van der Waals surface area contributed by atoms with Crippen molar-refractivity contribution in [1.29, 1.82) is 0 Å². The fourth-order valence-electron chi connectivity index (χ4n) is 3.82. The molecule has 174 valence electrons. The van der Waals surface area contributed by atoms with Gasteiger partial charge in [-0.1, -0.05) is 41.4 Å². The van der Waals surface area contributed by atoms with E-state index in [9.17, 15) is 14.4 Å². The zero-order chi connectivity index (χ0) is 24.6. The molecule has 4 rings (SSSR count). The Kier molecular flexibility index (Phi) is 6.89. The average Bonchev–Trinajstić information content (AvgIpc) is 3.21. The van der Waals surface area contributed by atoms with Crippen LogP contribution in [0, 0.1) is 20.8 Å². The lowest BCUT2D eigenvalue weighted by atomic mass is 10.2. The van der Waals surface area contributed by atoms with Crippen molar-refractivity contribution in [2.75, 3.05) is 11.9 Å². The number of hydrogen-bond donors (Lipinski definition) is 1. The summed E-state index contributed by atoms with van der Waals surface area (Å²) in [6, 6.07) is 14.4. The fraction of sp³-hybridized carbons (Fsp3) is 0.160. The molecule has 3 aromatic rings. The molecule has 6 nitrogen and oxygen atoms in total. The number of aromatic nitrogens is 1. The van der Waals surface area contributed by atoms with Crippen LogP contribution < -0.4 is 5.32 Å². The Bertz CT molecular complexity index is 1360. The second-order valence-corrected chi connectivity index (χ2v) is 9.65. The lowest BCUT2D eigenvalue weighted by Gasteiger charge is -2.14. The molecule has 3 amide bonds. The highest BCUT2D eigenvalue weighted by Crippen LogP contribution is 2.34. The molecule has 2 heterocycles. The standard InChI is InChI=1S/C25H21Cl2N3O3S/c1-14-11-17(16(3)30(14)21-10-6-8-18(26)15(21)2)12-22-24(32)29(25(33)34-22)13-23(31)28-20-9-5-4-7-19(20)27/h4-12H,13H2,1-3H3,(H,28,31)/b22-12+. The summed E-state index contributed by atoms with van der Waals surface area (Å²) in [7, 11) is 0. The van der Waals surface area contributed by atoms with Crippen LogP contribution in [0.1, 0.15) is 22.5 Å². The van der Waals surface area contributed by atoms with Gasteiger partial charge in [-0.25, -0.2) is 0 Å². The van der Waals surface area contributed by atoms with E-state index in [-0.39, 0.29) is 4.91 Å². The van der Waals surface area contributed by atoms with Gasteiger partial charge in [0.1, 0.15) is 6.54 Å². The van der Waals surface area contributed by atoms with Crippen LogP contribution in [-0.4, -0.2) is 33.1 Å². The van der Waals surface area contributed by atoms with Crippen molar-refractivity contribution < 1.29 is 14.4 Å². The number of halogens is 2. The zero-order valence-corrected chi connectivity index (χ0v) is 21.0. The second-order valence-electron chi connectivity index (χ2n) is 7.84. The van der Waals surface area contributed by atoms with E-state index >= 15 is 0 Å². The number of rotatable bonds is 5. The molecule has 0 bridgehead atoms. The number of amides is 3. The minimum absolute atomic E-state index is 0.263. The lowest BCUT2D eigenvalue weighted by molar-refractivity contribution is -0.127. The molecule has 2 aromatic carbocycles. The van der Waals surface area contributed by atoms with Crippen molar-refractivity contribution in [3.63, 3.8) is 0 Å². The highest BCUT2D eigenvalue weighted by molar-refractivity contribution is 8.18. The van der Waals surface area contributed by atoms with Crippen LogP contribution in [0.2, 0.25) is 10.0 Å². The molecule has 0 radical (unpaired) electrons. The van der Waals surface area contributed by atoms with Gasteiger partial charge >= 0.3 is 0 Å². The maximum atomic E-state index is 12.9. The Balaban J connectivity index is 1.56. The smallest absolute Gasteiger partial charge is 0.294 e. The van der Waals surface area contributed by atoms with Crippen LogP contribution in [0.3, 0.4) is 0 Å². The first-order valence-corrected chi connectivity index (χ1v) is 12.0. The molecule has 1 N–H and O–H groups in total. The van der Waals surface area contributed by atoms with Crippen LogP contribution in [0.5, 0.6) is 0 Å². The molecule has 0 unspecified atom stereocenters.